The van der Waals surface area contributed by atoms with E-state index in [2.05, 4.69) is 28.6 Å². The van der Waals surface area contributed by atoms with Crippen molar-refractivity contribution in [1.82, 2.24) is 15.1 Å². The summed E-state index contributed by atoms with van der Waals surface area (Å²) in [6.45, 7) is 0.882. The van der Waals surface area contributed by atoms with Crippen molar-refractivity contribution in [3.63, 3.8) is 0 Å². The second-order valence-corrected chi connectivity index (χ2v) is 3.50. The van der Waals surface area contributed by atoms with Crippen LogP contribution in [0.3, 0.4) is 0 Å². The Bertz CT molecular complexity index is 293. The van der Waals surface area contributed by atoms with Crippen molar-refractivity contribution in [3.8, 4) is 0 Å². The Morgan fingerprint density at radius 2 is 2.31 bits per heavy atom. The number of nitrogens with one attached hydrogen (secondary N) is 1. The summed E-state index contributed by atoms with van der Waals surface area (Å²) < 4.78 is 1.84. The minimum absolute atomic E-state index is 0.627. The fourth-order valence-corrected chi connectivity index (χ4v) is 1.59. The summed E-state index contributed by atoms with van der Waals surface area (Å²) in [6.07, 6.45) is 8.76. The molecule has 0 atom stereocenters. The van der Waals surface area contributed by atoms with Gasteiger partial charge in [-0.05, 0) is 18.9 Å². The van der Waals surface area contributed by atoms with E-state index in [9.17, 15) is 0 Å². The predicted octanol–water partition coefficient (Wildman–Crippen LogP) is 1.23. The molecule has 70 valence electrons. The molecule has 0 spiro atoms. The summed E-state index contributed by atoms with van der Waals surface area (Å²) >= 11 is 0. The lowest BCUT2D eigenvalue weighted by atomic mass is 10.2. The molecule has 1 aromatic rings. The Hall–Kier alpha value is -1.09. The monoisotopic (exact) mass is 177 g/mol. The molecule has 0 aromatic carbocycles. The van der Waals surface area contributed by atoms with Gasteiger partial charge < -0.3 is 5.32 Å². The third-order valence-corrected chi connectivity index (χ3v) is 2.35. The topological polar surface area (TPSA) is 29.9 Å². The molecule has 3 heteroatoms. The first-order valence-corrected chi connectivity index (χ1v) is 4.71. The maximum Gasteiger partial charge on any atom is 0.0762 e. The maximum absolute atomic E-state index is 4.31. The van der Waals surface area contributed by atoms with E-state index in [1.54, 1.807) is 0 Å². The van der Waals surface area contributed by atoms with E-state index in [0.29, 0.717) is 6.04 Å². The highest BCUT2D eigenvalue weighted by atomic mass is 15.3. The first-order chi connectivity index (χ1) is 6.34. The molecule has 1 aromatic heterocycles. The molecule has 1 N–H and O–H groups in total. The summed E-state index contributed by atoms with van der Waals surface area (Å²) in [5, 5.41) is 7.78. The van der Waals surface area contributed by atoms with Crippen molar-refractivity contribution >= 4 is 0 Å². The lowest BCUT2D eigenvalue weighted by Gasteiger charge is -2.09. The Labute approximate surface area is 78.4 Å². The van der Waals surface area contributed by atoms with Crippen LogP contribution in [0, 0.1) is 0 Å². The molecule has 0 amide bonds. The molecule has 1 aliphatic rings. The highest BCUT2D eigenvalue weighted by Gasteiger charge is 2.09. The molecule has 0 saturated carbocycles. The van der Waals surface area contributed by atoms with Crippen molar-refractivity contribution < 1.29 is 0 Å². The average molecular weight is 177 g/mol. The Balaban J connectivity index is 1.79. The van der Waals surface area contributed by atoms with Gasteiger partial charge in [0, 0.05) is 25.8 Å². The molecule has 3 nitrogen and oxygen atoms in total. The van der Waals surface area contributed by atoms with Crippen molar-refractivity contribution in [1.29, 1.82) is 0 Å². The van der Waals surface area contributed by atoms with Crippen LogP contribution in [0.1, 0.15) is 18.5 Å². The molecule has 0 fully saturated rings. The van der Waals surface area contributed by atoms with Crippen LogP contribution < -0.4 is 5.32 Å². The van der Waals surface area contributed by atoms with Crippen molar-refractivity contribution in [2.45, 2.75) is 25.4 Å². The van der Waals surface area contributed by atoms with Crippen LogP contribution in [0.4, 0.5) is 0 Å². The van der Waals surface area contributed by atoms with E-state index in [1.807, 2.05) is 17.9 Å². The van der Waals surface area contributed by atoms with E-state index in [-0.39, 0.29) is 0 Å². The van der Waals surface area contributed by atoms with Gasteiger partial charge in [0.25, 0.3) is 0 Å². The zero-order chi connectivity index (χ0) is 9.10. The molecule has 1 aliphatic carbocycles. The second-order valence-electron chi connectivity index (χ2n) is 3.50. The van der Waals surface area contributed by atoms with Gasteiger partial charge in [-0.3, -0.25) is 4.68 Å². The quantitative estimate of drug-likeness (QED) is 0.704. The van der Waals surface area contributed by atoms with Crippen molar-refractivity contribution in [3.05, 3.63) is 30.1 Å². The standard InChI is InChI=1S/C10H15N3/c1-13-7-6-10(12-13)8-11-9-4-2-3-5-9/h2-3,6-7,9,11H,4-5,8H2,1H3. The van der Waals surface area contributed by atoms with Crippen molar-refractivity contribution in [2.75, 3.05) is 0 Å². The molecule has 0 saturated heterocycles. The molecule has 0 unspecified atom stereocenters. The average Bonchev–Trinajstić information content (AvgIpc) is 2.71. The summed E-state index contributed by atoms with van der Waals surface area (Å²) in [5.74, 6) is 0. The molecule has 0 bridgehead atoms. The lowest BCUT2D eigenvalue weighted by Crippen LogP contribution is -2.25. The largest absolute Gasteiger partial charge is 0.308 e. The van der Waals surface area contributed by atoms with E-state index >= 15 is 0 Å². The molecule has 0 aliphatic heterocycles. The van der Waals surface area contributed by atoms with Gasteiger partial charge >= 0.3 is 0 Å². The maximum atomic E-state index is 4.31. The van der Waals surface area contributed by atoms with Gasteiger partial charge in [-0.15, -0.1) is 0 Å². The molecular weight excluding hydrogens is 162 g/mol. The zero-order valence-electron chi connectivity index (χ0n) is 7.90. The Morgan fingerprint density at radius 3 is 2.92 bits per heavy atom. The smallest absolute Gasteiger partial charge is 0.0762 e. The van der Waals surface area contributed by atoms with Crippen LogP contribution in [0.2, 0.25) is 0 Å². The van der Waals surface area contributed by atoms with Gasteiger partial charge in [0.1, 0.15) is 0 Å². The number of aryl methyl sites for hydroxylation is 1. The van der Waals surface area contributed by atoms with Crippen LogP contribution >= 0.6 is 0 Å². The van der Waals surface area contributed by atoms with E-state index < -0.39 is 0 Å². The van der Waals surface area contributed by atoms with Crippen molar-refractivity contribution in [2.24, 2.45) is 7.05 Å². The molecule has 13 heavy (non-hydrogen) atoms. The molecule has 2 rings (SSSR count). The number of hydrogen-bond acceptors (Lipinski definition) is 2. The van der Waals surface area contributed by atoms with Gasteiger partial charge in [0.05, 0.1) is 5.69 Å². The third kappa shape index (κ3) is 2.18. The SMILES string of the molecule is Cn1ccc(CNC2CC=CC2)n1. The highest BCUT2D eigenvalue weighted by molar-refractivity contribution is 5.01. The Kier molecular flexibility index (Phi) is 2.45. The first-order valence-electron chi connectivity index (χ1n) is 4.71. The first kappa shape index (κ1) is 8.51. The summed E-state index contributed by atoms with van der Waals surface area (Å²) in [4.78, 5) is 0. The summed E-state index contributed by atoms with van der Waals surface area (Å²) in [5.41, 5.74) is 1.12. The number of aromatic nitrogens is 2. The summed E-state index contributed by atoms with van der Waals surface area (Å²) in [6, 6.07) is 2.68. The van der Waals surface area contributed by atoms with Gasteiger partial charge in [0.2, 0.25) is 0 Å². The van der Waals surface area contributed by atoms with Gasteiger partial charge in [0.15, 0.2) is 0 Å². The van der Waals surface area contributed by atoms with Gasteiger partial charge in [-0.1, -0.05) is 12.2 Å². The lowest BCUT2D eigenvalue weighted by molar-refractivity contribution is 0.529. The van der Waals surface area contributed by atoms with E-state index in [4.69, 9.17) is 0 Å². The summed E-state index contributed by atoms with van der Waals surface area (Å²) in [7, 11) is 1.95. The fourth-order valence-electron chi connectivity index (χ4n) is 1.59. The zero-order valence-corrected chi connectivity index (χ0v) is 7.90. The van der Waals surface area contributed by atoms with Crippen LogP contribution in [0.25, 0.3) is 0 Å². The number of nitrogens with zero attached hydrogens (tertiary/aromatic N) is 2. The van der Waals surface area contributed by atoms with Crippen LogP contribution in [-0.4, -0.2) is 15.8 Å². The van der Waals surface area contributed by atoms with Crippen LogP contribution in [-0.2, 0) is 13.6 Å². The van der Waals surface area contributed by atoms with E-state index in [1.165, 1.54) is 0 Å². The number of hydrogen-bond donors (Lipinski definition) is 1. The Morgan fingerprint density at radius 1 is 1.54 bits per heavy atom. The van der Waals surface area contributed by atoms with E-state index in [0.717, 1.165) is 25.1 Å². The minimum Gasteiger partial charge on any atom is -0.308 e. The fraction of sp³-hybridized carbons (Fsp3) is 0.500. The normalized spacial score (nSPS) is 17.0. The minimum atomic E-state index is 0.627. The third-order valence-electron chi connectivity index (χ3n) is 2.35. The van der Waals surface area contributed by atoms with Gasteiger partial charge in [-0.25, -0.2) is 0 Å². The second kappa shape index (κ2) is 3.75. The molecular formula is C10H15N3. The highest BCUT2D eigenvalue weighted by Crippen LogP contribution is 2.09. The van der Waals surface area contributed by atoms with Crippen LogP contribution in [0.15, 0.2) is 24.4 Å². The molecule has 1 heterocycles. The molecule has 0 radical (unpaired) electrons. The predicted molar refractivity (Wildman–Crippen MR) is 52.2 cm³/mol. The van der Waals surface area contributed by atoms with Gasteiger partial charge in [-0.2, -0.15) is 5.10 Å². The van der Waals surface area contributed by atoms with Crippen LogP contribution in [0.5, 0.6) is 0 Å². The number of rotatable bonds is 3.